The van der Waals surface area contributed by atoms with Crippen LogP contribution >= 0.6 is 24.4 Å². The molecule has 0 radical (unpaired) electrons. The molecule has 0 aliphatic rings. The van der Waals surface area contributed by atoms with E-state index < -0.39 is 0 Å². The highest BCUT2D eigenvalue weighted by atomic mass is 32.1. The van der Waals surface area contributed by atoms with Crippen molar-refractivity contribution in [1.82, 2.24) is 10.6 Å². The first-order chi connectivity index (χ1) is 15.3. The molecule has 0 aromatic heterocycles. The third kappa shape index (κ3) is 7.04. The fourth-order valence-electron chi connectivity index (χ4n) is 3.29. The maximum Gasteiger partial charge on any atom is 0.171 e. The molecule has 3 aromatic carbocycles. The summed E-state index contributed by atoms with van der Waals surface area (Å²) in [7, 11) is 0. The molecule has 0 aliphatic heterocycles. The highest BCUT2D eigenvalue weighted by molar-refractivity contribution is 7.80. The molecular weight excluding hydrogens is 432 g/mol. The predicted octanol–water partition coefficient (Wildman–Crippen LogP) is 5.89. The third-order valence-corrected chi connectivity index (χ3v) is 5.67. The largest absolute Gasteiger partial charge is 0.358 e. The van der Waals surface area contributed by atoms with E-state index in [1.807, 2.05) is 0 Å². The molecule has 0 saturated carbocycles. The van der Waals surface area contributed by atoms with Crippen LogP contribution in [0.3, 0.4) is 0 Å². The summed E-state index contributed by atoms with van der Waals surface area (Å²) >= 11 is 11.0. The molecule has 4 N–H and O–H groups in total. The van der Waals surface area contributed by atoms with E-state index in [1.165, 1.54) is 22.3 Å². The highest BCUT2D eigenvalue weighted by Crippen LogP contribution is 2.17. The molecule has 32 heavy (non-hydrogen) atoms. The average molecular weight is 463 g/mol. The van der Waals surface area contributed by atoms with Gasteiger partial charge in [0, 0.05) is 24.5 Å². The normalized spacial score (nSPS) is 10.4. The van der Waals surface area contributed by atoms with Crippen molar-refractivity contribution in [2.24, 2.45) is 0 Å². The SMILES string of the molecule is Cc1ccc(C)c(NC(=S)NCc2cccc(CNC(=S)Nc3cc(C)ccc3C)c2)c1. The van der Waals surface area contributed by atoms with Crippen molar-refractivity contribution in [2.45, 2.75) is 40.8 Å². The van der Waals surface area contributed by atoms with Crippen molar-refractivity contribution in [2.75, 3.05) is 10.6 Å². The Kier molecular flexibility index (Phi) is 8.20. The van der Waals surface area contributed by atoms with E-state index in [-0.39, 0.29) is 0 Å². The lowest BCUT2D eigenvalue weighted by Gasteiger charge is -2.15. The van der Waals surface area contributed by atoms with Crippen LogP contribution in [0.25, 0.3) is 0 Å². The second kappa shape index (κ2) is 11.1. The van der Waals surface area contributed by atoms with Gasteiger partial charge < -0.3 is 21.3 Å². The topological polar surface area (TPSA) is 48.1 Å². The van der Waals surface area contributed by atoms with Crippen molar-refractivity contribution < 1.29 is 0 Å². The lowest BCUT2D eigenvalue weighted by atomic mass is 10.1. The number of rotatable bonds is 6. The molecule has 0 bridgehead atoms. The van der Waals surface area contributed by atoms with Crippen LogP contribution in [0.2, 0.25) is 0 Å². The second-order valence-electron chi connectivity index (χ2n) is 8.07. The van der Waals surface area contributed by atoms with E-state index in [0.29, 0.717) is 23.3 Å². The van der Waals surface area contributed by atoms with Crippen LogP contribution in [0.15, 0.2) is 60.7 Å². The van der Waals surface area contributed by atoms with Gasteiger partial charge in [-0.15, -0.1) is 0 Å². The molecule has 3 aromatic rings. The maximum atomic E-state index is 5.48. The molecule has 0 amide bonds. The van der Waals surface area contributed by atoms with Gasteiger partial charge in [-0.1, -0.05) is 48.5 Å². The summed E-state index contributed by atoms with van der Waals surface area (Å²) in [5, 5.41) is 14.4. The summed E-state index contributed by atoms with van der Waals surface area (Å²) in [6.07, 6.45) is 0. The Labute approximate surface area is 201 Å². The first-order valence-corrected chi connectivity index (χ1v) is 11.4. The van der Waals surface area contributed by atoms with Gasteiger partial charge in [-0.2, -0.15) is 0 Å². The lowest BCUT2D eigenvalue weighted by molar-refractivity contribution is 0.896. The Morgan fingerprint density at radius 3 is 1.50 bits per heavy atom. The molecule has 0 fully saturated rings. The van der Waals surface area contributed by atoms with Crippen LogP contribution in [-0.4, -0.2) is 10.2 Å². The van der Waals surface area contributed by atoms with E-state index in [9.17, 15) is 0 Å². The van der Waals surface area contributed by atoms with Gasteiger partial charge >= 0.3 is 0 Å². The third-order valence-electron chi connectivity index (χ3n) is 5.18. The number of hydrogen-bond acceptors (Lipinski definition) is 2. The van der Waals surface area contributed by atoms with Crippen molar-refractivity contribution >= 4 is 46.0 Å². The summed E-state index contributed by atoms with van der Waals surface area (Å²) in [6.45, 7) is 9.58. The molecule has 4 nitrogen and oxygen atoms in total. The molecule has 6 heteroatoms. The van der Waals surface area contributed by atoms with E-state index in [4.69, 9.17) is 24.4 Å². The Balaban J connectivity index is 1.50. The van der Waals surface area contributed by atoms with Crippen LogP contribution in [0.1, 0.15) is 33.4 Å². The Bertz CT molecular complexity index is 1040. The van der Waals surface area contributed by atoms with Gasteiger partial charge in [0.15, 0.2) is 10.2 Å². The van der Waals surface area contributed by atoms with E-state index in [0.717, 1.165) is 22.5 Å². The molecule has 0 spiro atoms. The molecule has 0 unspecified atom stereocenters. The van der Waals surface area contributed by atoms with Gasteiger partial charge in [0.25, 0.3) is 0 Å². The summed E-state index contributed by atoms with van der Waals surface area (Å²) in [5.41, 5.74) is 9.11. The van der Waals surface area contributed by atoms with Crippen LogP contribution in [-0.2, 0) is 13.1 Å². The maximum absolute atomic E-state index is 5.48. The average Bonchev–Trinajstić information content (AvgIpc) is 2.76. The Morgan fingerprint density at radius 1 is 0.625 bits per heavy atom. The monoisotopic (exact) mass is 462 g/mol. The van der Waals surface area contributed by atoms with Crippen LogP contribution < -0.4 is 21.3 Å². The molecule has 0 aliphatic carbocycles. The molecule has 0 saturated heterocycles. The van der Waals surface area contributed by atoms with Crippen molar-refractivity contribution in [1.29, 1.82) is 0 Å². The van der Waals surface area contributed by atoms with Crippen molar-refractivity contribution in [3.05, 3.63) is 94.0 Å². The highest BCUT2D eigenvalue weighted by Gasteiger charge is 2.04. The quantitative estimate of drug-likeness (QED) is 0.343. The summed E-state index contributed by atoms with van der Waals surface area (Å²) in [5.74, 6) is 0. The standard InChI is InChI=1S/C26H30N4S2/c1-17-8-10-19(3)23(12-17)29-25(31)27-15-21-6-5-7-22(14-21)16-28-26(32)30-24-13-18(2)9-11-20(24)4/h5-14H,15-16H2,1-4H3,(H2,27,29,31)(H2,28,30,32). The molecule has 166 valence electrons. The molecular formula is C26H30N4S2. The van der Waals surface area contributed by atoms with Crippen molar-refractivity contribution in [3.8, 4) is 0 Å². The number of hydrogen-bond donors (Lipinski definition) is 4. The smallest absolute Gasteiger partial charge is 0.171 e. The number of thiocarbonyl (C=S) groups is 2. The van der Waals surface area contributed by atoms with E-state index in [1.54, 1.807) is 0 Å². The Hall–Kier alpha value is -2.96. The first kappa shape index (κ1) is 23.7. The summed E-state index contributed by atoms with van der Waals surface area (Å²) in [6, 6.07) is 21.0. The zero-order valence-electron chi connectivity index (χ0n) is 19.0. The van der Waals surface area contributed by atoms with Crippen molar-refractivity contribution in [3.63, 3.8) is 0 Å². The van der Waals surface area contributed by atoms with Crippen LogP contribution in [0.4, 0.5) is 11.4 Å². The first-order valence-electron chi connectivity index (χ1n) is 10.6. The van der Waals surface area contributed by atoms with E-state index >= 15 is 0 Å². The fraction of sp³-hybridized carbons (Fsp3) is 0.231. The lowest BCUT2D eigenvalue weighted by Crippen LogP contribution is -2.29. The van der Waals surface area contributed by atoms with Crippen LogP contribution in [0.5, 0.6) is 0 Å². The van der Waals surface area contributed by atoms with Gasteiger partial charge in [-0.3, -0.25) is 0 Å². The zero-order chi connectivity index (χ0) is 23.1. The minimum absolute atomic E-state index is 0.612. The summed E-state index contributed by atoms with van der Waals surface area (Å²) < 4.78 is 0. The van der Waals surface area contributed by atoms with Gasteiger partial charge in [-0.05, 0) is 97.6 Å². The Morgan fingerprint density at radius 2 is 1.06 bits per heavy atom. The number of anilines is 2. The second-order valence-corrected chi connectivity index (χ2v) is 8.89. The minimum Gasteiger partial charge on any atom is -0.358 e. The van der Waals surface area contributed by atoms with E-state index in [2.05, 4.69) is 110 Å². The van der Waals surface area contributed by atoms with Gasteiger partial charge in [0.2, 0.25) is 0 Å². The minimum atomic E-state index is 0.612. The number of aryl methyl sites for hydroxylation is 4. The molecule has 3 rings (SSSR count). The summed E-state index contributed by atoms with van der Waals surface area (Å²) in [4.78, 5) is 0. The van der Waals surface area contributed by atoms with Gasteiger partial charge in [0.05, 0.1) is 0 Å². The molecule has 0 heterocycles. The number of nitrogens with one attached hydrogen (secondary N) is 4. The van der Waals surface area contributed by atoms with Gasteiger partial charge in [0.1, 0.15) is 0 Å². The van der Waals surface area contributed by atoms with Crippen LogP contribution in [0, 0.1) is 27.7 Å². The number of benzene rings is 3. The zero-order valence-corrected chi connectivity index (χ0v) is 20.6. The molecule has 0 atom stereocenters. The van der Waals surface area contributed by atoms with Gasteiger partial charge in [-0.25, -0.2) is 0 Å². The fourth-order valence-corrected chi connectivity index (χ4v) is 3.65. The predicted molar refractivity (Wildman–Crippen MR) is 144 cm³/mol.